The van der Waals surface area contributed by atoms with Gasteiger partial charge in [-0.05, 0) is 45.4 Å². The molecule has 0 radical (unpaired) electrons. The standard InChI is InChI=1S/C24H12N2O4/c27-21-13-5-1-9-10-2-6-15-20-16(24(30)26-23(15)29)8-4-12(18(10)20)11-3-7-14(22(28)25-21)19(13)17(9)11/h1-9,14H,(H,25,27,28)(H,26,29,30). The van der Waals surface area contributed by atoms with E-state index < -0.39 is 17.7 Å². The van der Waals surface area contributed by atoms with Gasteiger partial charge in [0.05, 0.1) is 5.92 Å². The highest BCUT2D eigenvalue weighted by Gasteiger charge is 2.43. The summed E-state index contributed by atoms with van der Waals surface area (Å²) in [6.45, 7) is 0. The van der Waals surface area contributed by atoms with Gasteiger partial charge >= 0.3 is 0 Å². The highest BCUT2D eigenvalue weighted by atomic mass is 16.2. The smallest absolute Gasteiger partial charge is 0.258 e. The molecule has 2 heterocycles. The van der Waals surface area contributed by atoms with E-state index in [9.17, 15) is 19.2 Å². The molecular formula is C24H12N2O4. The highest BCUT2D eigenvalue weighted by molar-refractivity contribution is 6.28. The third kappa shape index (κ3) is 1.63. The van der Waals surface area contributed by atoms with Crippen molar-refractivity contribution in [2.24, 2.45) is 5.92 Å². The Morgan fingerprint density at radius 1 is 0.600 bits per heavy atom. The summed E-state index contributed by atoms with van der Waals surface area (Å²) in [5, 5.41) is 6.40. The molecule has 2 aromatic rings. The Hall–Kier alpha value is -4.06. The predicted octanol–water partition coefficient (Wildman–Crippen LogP) is 2.28. The minimum absolute atomic E-state index is 0.151. The van der Waals surface area contributed by atoms with E-state index in [2.05, 4.69) is 10.6 Å². The van der Waals surface area contributed by atoms with E-state index in [-0.39, 0.29) is 17.7 Å². The lowest BCUT2D eigenvalue weighted by molar-refractivity contribution is -0.130. The Bertz CT molecular complexity index is 1450. The summed E-state index contributed by atoms with van der Waals surface area (Å²) >= 11 is 0. The van der Waals surface area contributed by atoms with Crippen LogP contribution in [0.2, 0.25) is 0 Å². The molecule has 3 aliphatic carbocycles. The second-order valence-electron chi connectivity index (χ2n) is 8.04. The van der Waals surface area contributed by atoms with Gasteiger partial charge in [-0.3, -0.25) is 29.8 Å². The molecule has 6 nitrogen and oxygen atoms in total. The fourth-order valence-corrected chi connectivity index (χ4v) is 5.51. The van der Waals surface area contributed by atoms with Crippen molar-refractivity contribution in [1.82, 2.24) is 10.6 Å². The molecule has 142 valence electrons. The molecule has 7 rings (SSSR count). The van der Waals surface area contributed by atoms with Gasteiger partial charge in [0.25, 0.3) is 17.7 Å². The molecule has 2 aliphatic heterocycles. The zero-order valence-corrected chi connectivity index (χ0v) is 15.4. The van der Waals surface area contributed by atoms with Gasteiger partial charge in [0.15, 0.2) is 0 Å². The largest absolute Gasteiger partial charge is 0.291 e. The summed E-state index contributed by atoms with van der Waals surface area (Å²) in [4.78, 5) is 49.9. The molecule has 2 atom stereocenters. The monoisotopic (exact) mass is 392 g/mol. The van der Waals surface area contributed by atoms with Crippen molar-refractivity contribution in [2.45, 2.75) is 5.92 Å². The zero-order valence-electron chi connectivity index (χ0n) is 15.4. The molecule has 30 heavy (non-hydrogen) atoms. The van der Waals surface area contributed by atoms with Crippen LogP contribution in [0, 0.1) is 5.92 Å². The molecule has 0 saturated heterocycles. The first-order valence-electron chi connectivity index (χ1n) is 9.70. The van der Waals surface area contributed by atoms with Crippen LogP contribution < -0.4 is 10.6 Å². The number of fused-ring (bicyclic) bond motifs is 2. The Balaban J connectivity index is 1.63. The van der Waals surface area contributed by atoms with Crippen molar-refractivity contribution in [3.63, 3.8) is 0 Å². The van der Waals surface area contributed by atoms with E-state index in [1.165, 1.54) is 0 Å². The van der Waals surface area contributed by atoms with Crippen LogP contribution in [-0.2, 0) is 9.59 Å². The van der Waals surface area contributed by atoms with E-state index in [1.807, 2.05) is 30.4 Å². The zero-order chi connectivity index (χ0) is 20.3. The second kappa shape index (κ2) is 4.91. The van der Waals surface area contributed by atoms with Gasteiger partial charge in [-0.1, -0.05) is 36.4 Å². The molecule has 0 bridgehead atoms. The summed E-state index contributed by atoms with van der Waals surface area (Å²) in [6, 6.07) is 7.31. The maximum Gasteiger partial charge on any atom is 0.258 e. The average molecular weight is 392 g/mol. The Morgan fingerprint density at radius 3 is 2.03 bits per heavy atom. The SMILES string of the molecule is O=C1NC(=O)C2C=CC3=C4C2=C1C=CC4c1ccc2c4c(ccc3c14)C(=O)NC2=O. The van der Waals surface area contributed by atoms with Gasteiger partial charge in [0.1, 0.15) is 0 Å². The molecule has 2 aromatic carbocycles. The molecule has 6 heteroatoms. The van der Waals surface area contributed by atoms with Crippen LogP contribution in [0.25, 0.3) is 16.3 Å². The summed E-state index contributed by atoms with van der Waals surface area (Å²) < 4.78 is 0. The minimum Gasteiger partial charge on any atom is -0.291 e. The first-order chi connectivity index (χ1) is 14.5. The van der Waals surface area contributed by atoms with Gasteiger partial charge in [-0.25, -0.2) is 0 Å². The third-order valence-electron chi connectivity index (χ3n) is 6.70. The molecule has 0 fully saturated rings. The first kappa shape index (κ1) is 15.8. The summed E-state index contributed by atoms with van der Waals surface area (Å²) in [7, 11) is 0. The number of hydrogen-bond acceptors (Lipinski definition) is 4. The van der Waals surface area contributed by atoms with E-state index >= 15 is 0 Å². The van der Waals surface area contributed by atoms with Crippen LogP contribution >= 0.6 is 0 Å². The van der Waals surface area contributed by atoms with Gasteiger partial charge in [-0.2, -0.15) is 0 Å². The van der Waals surface area contributed by atoms with Crippen LogP contribution in [0.5, 0.6) is 0 Å². The number of hydrogen-bond donors (Lipinski definition) is 2. The lowest BCUT2D eigenvalue weighted by Crippen LogP contribution is -2.44. The second-order valence-corrected chi connectivity index (χ2v) is 8.04. The van der Waals surface area contributed by atoms with Crippen molar-refractivity contribution >= 4 is 40.0 Å². The van der Waals surface area contributed by atoms with Crippen molar-refractivity contribution in [3.8, 4) is 0 Å². The third-order valence-corrected chi connectivity index (χ3v) is 6.70. The van der Waals surface area contributed by atoms with Gasteiger partial charge < -0.3 is 0 Å². The quantitative estimate of drug-likeness (QED) is 0.673. The fourth-order valence-electron chi connectivity index (χ4n) is 5.51. The number of allylic oxidation sites excluding steroid dienone is 4. The fraction of sp³-hybridized carbons (Fsp3) is 0.0833. The predicted molar refractivity (Wildman–Crippen MR) is 107 cm³/mol. The van der Waals surface area contributed by atoms with Crippen LogP contribution in [0.1, 0.15) is 37.8 Å². The number of carbonyl (C=O) groups excluding carboxylic acids is 4. The Labute approximate surface area is 169 Å². The molecule has 4 amide bonds. The van der Waals surface area contributed by atoms with E-state index in [0.29, 0.717) is 22.1 Å². The number of benzene rings is 2. The minimum atomic E-state index is -0.495. The summed E-state index contributed by atoms with van der Waals surface area (Å²) in [5.41, 5.74) is 6.04. The summed E-state index contributed by atoms with van der Waals surface area (Å²) in [6.07, 6.45) is 7.51. The van der Waals surface area contributed by atoms with Crippen molar-refractivity contribution < 1.29 is 19.2 Å². The average Bonchev–Trinajstić information content (AvgIpc) is 2.74. The summed E-state index contributed by atoms with van der Waals surface area (Å²) in [5.74, 6) is -2.12. The lowest BCUT2D eigenvalue weighted by Gasteiger charge is -2.39. The van der Waals surface area contributed by atoms with Crippen LogP contribution in [-0.4, -0.2) is 23.6 Å². The maximum atomic E-state index is 12.5. The molecule has 0 saturated carbocycles. The first-order valence-corrected chi connectivity index (χ1v) is 9.70. The van der Waals surface area contributed by atoms with Gasteiger partial charge in [-0.15, -0.1) is 0 Å². The topological polar surface area (TPSA) is 92.3 Å². The molecule has 2 N–H and O–H groups in total. The number of nitrogens with one attached hydrogen (secondary N) is 2. The number of rotatable bonds is 0. The van der Waals surface area contributed by atoms with Crippen LogP contribution in [0.4, 0.5) is 0 Å². The Kier molecular flexibility index (Phi) is 2.59. The van der Waals surface area contributed by atoms with E-state index in [1.54, 1.807) is 18.2 Å². The number of imide groups is 2. The van der Waals surface area contributed by atoms with Crippen molar-refractivity contribution in [2.75, 3.05) is 0 Å². The van der Waals surface area contributed by atoms with E-state index in [0.717, 1.165) is 33.2 Å². The molecule has 0 spiro atoms. The van der Waals surface area contributed by atoms with E-state index in [4.69, 9.17) is 0 Å². The van der Waals surface area contributed by atoms with Crippen LogP contribution in [0.15, 0.2) is 65.3 Å². The van der Waals surface area contributed by atoms with Gasteiger partial charge in [0.2, 0.25) is 5.91 Å². The number of carbonyl (C=O) groups is 4. The van der Waals surface area contributed by atoms with Crippen molar-refractivity contribution in [1.29, 1.82) is 0 Å². The van der Waals surface area contributed by atoms with Gasteiger partial charge in [0, 0.05) is 28.0 Å². The molecule has 5 aliphatic rings. The maximum absolute atomic E-state index is 12.5. The number of amides is 4. The normalized spacial score (nSPS) is 24.9. The van der Waals surface area contributed by atoms with Crippen molar-refractivity contribution in [3.05, 3.63) is 87.5 Å². The van der Waals surface area contributed by atoms with Crippen LogP contribution in [0.3, 0.4) is 0 Å². The molecule has 0 aromatic heterocycles. The highest BCUT2D eigenvalue weighted by Crippen LogP contribution is 2.54. The lowest BCUT2D eigenvalue weighted by atomic mass is 9.65. The molecular weight excluding hydrogens is 380 g/mol. The molecule has 2 unspecified atom stereocenters. The Morgan fingerprint density at radius 2 is 1.23 bits per heavy atom.